The first-order valence-electron chi connectivity index (χ1n) is 9.66. The molecule has 1 aliphatic heterocycles. The molecule has 1 aliphatic rings. The fourth-order valence-corrected chi connectivity index (χ4v) is 3.79. The number of rotatable bonds is 3. The molecule has 0 saturated carbocycles. The molecule has 0 fully saturated rings. The summed E-state index contributed by atoms with van der Waals surface area (Å²) in [5, 5.41) is 5.24. The van der Waals surface area contributed by atoms with Crippen LogP contribution >= 0.6 is 0 Å². The van der Waals surface area contributed by atoms with E-state index in [0.29, 0.717) is 24.7 Å². The Labute approximate surface area is 176 Å². The van der Waals surface area contributed by atoms with Gasteiger partial charge >= 0.3 is 6.03 Å². The number of aromatic nitrogens is 3. The molecule has 2 aromatic heterocycles. The first kappa shape index (κ1) is 19.0. The monoisotopic (exact) mass is 418 g/mol. The van der Waals surface area contributed by atoms with E-state index in [2.05, 4.69) is 20.6 Å². The van der Waals surface area contributed by atoms with Crippen molar-refractivity contribution in [3.63, 3.8) is 0 Å². The molecule has 0 saturated heterocycles. The van der Waals surface area contributed by atoms with Crippen molar-refractivity contribution in [1.29, 1.82) is 0 Å². The van der Waals surface area contributed by atoms with Crippen LogP contribution in [0.2, 0.25) is 0 Å². The zero-order valence-electron chi connectivity index (χ0n) is 16.6. The molecular weight excluding hydrogens is 399 g/mol. The first-order valence-corrected chi connectivity index (χ1v) is 9.66. The molecule has 2 amide bonds. The Morgan fingerprint density at radius 2 is 1.94 bits per heavy atom. The Morgan fingerprint density at radius 1 is 1.13 bits per heavy atom. The number of anilines is 3. The number of nitrogens with two attached hydrogens (primary N) is 1. The Kier molecular flexibility index (Phi) is 4.52. The van der Waals surface area contributed by atoms with E-state index < -0.39 is 11.8 Å². The minimum atomic E-state index is -0.532. The lowest BCUT2D eigenvalue weighted by Crippen LogP contribution is -2.20. The van der Waals surface area contributed by atoms with Gasteiger partial charge in [-0.15, -0.1) is 0 Å². The number of ether oxygens (including phenoxy) is 1. The van der Waals surface area contributed by atoms with Gasteiger partial charge in [0.25, 0.3) is 0 Å². The zero-order chi connectivity index (χ0) is 21.5. The van der Waals surface area contributed by atoms with Crippen molar-refractivity contribution in [3.05, 3.63) is 71.4 Å². The number of nitrogens with zero attached hydrogens (tertiary/aromatic N) is 3. The van der Waals surface area contributed by atoms with Crippen LogP contribution in [0.25, 0.3) is 16.7 Å². The number of aryl methyl sites for hydroxylation is 1. The molecular formula is C22H19FN6O2. The van der Waals surface area contributed by atoms with Crippen molar-refractivity contribution >= 4 is 34.3 Å². The normalized spacial score (nSPS) is 12.7. The van der Waals surface area contributed by atoms with Gasteiger partial charge in [-0.3, -0.25) is 0 Å². The van der Waals surface area contributed by atoms with Gasteiger partial charge in [0.1, 0.15) is 23.2 Å². The highest BCUT2D eigenvalue weighted by Crippen LogP contribution is 2.35. The van der Waals surface area contributed by atoms with Crippen LogP contribution in [0.3, 0.4) is 0 Å². The number of halogens is 1. The SMILES string of the molecule is Cc1ccc(F)c(NC(=O)Nc2ccc(-n3c4c(c5ncnc(N)c53)COC4)cc2)c1. The van der Waals surface area contributed by atoms with Crippen LogP contribution in [-0.4, -0.2) is 20.6 Å². The number of benzene rings is 2. The van der Waals surface area contributed by atoms with Gasteiger partial charge in [-0.25, -0.2) is 19.2 Å². The molecule has 0 spiro atoms. The molecule has 3 heterocycles. The van der Waals surface area contributed by atoms with E-state index in [4.69, 9.17) is 10.5 Å². The van der Waals surface area contributed by atoms with Crippen LogP contribution in [0.1, 0.15) is 16.8 Å². The zero-order valence-corrected chi connectivity index (χ0v) is 16.6. The van der Waals surface area contributed by atoms with E-state index in [1.807, 2.05) is 23.6 Å². The molecule has 0 aliphatic carbocycles. The van der Waals surface area contributed by atoms with Gasteiger partial charge in [0.2, 0.25) is 0 Å². The highest BCUT2D eigenvalue weighted by Gasteiger charge is 2.25. The molecule has 4 aromatic rings. The molecule has 156 valence electrons. The summed E-state index contributed by atoms with van der Waals surface area (Å²) in [4.78, 5) is 20.8. The van der Waals surface area contributed by atoms with Crippen molar-refractivity contribution in [1.82, 2.24) is 14.5 Å². The van der Waals surface area contributed by atoms with Gasteiger partial charge in [0.15, 0.2) is 5.82 Å². The van der Waals surface area contributed by atoms with Gasteiger partial charge in [-0.05, 0) is 48.9 Å². The number of amides is 2. The molecule has 0 atom stereocenters. The fourth-order valence-electron chi connectivity index (χ4n) is 3.79. The van der Waals surface area contributed by atoms with Gasteiger partial charge in [0, 0.05) is 16.9 Å². The van der Waals surface area contributed by atoms with Crippen molar-refractivity contribution in [2.45, 2.75) is 20.1 Å². The Balaban J connectivity index is 1.41. The average molecular weight is 418 g/mol. The standard InChI is InChI=1S/C22H19FN6O2/c1-12-2-7-16(23)17(8-12)28-22(30)27-13-3-5-14(6-4-13)29-18-10-31-9-15(18)19-20(29)21(24)26-11-25-19/h2-8,11H,9-10H2,1H3,(H2,24,25,26)(H2,27,28,30). The highest BCUT2D eigenvalue weighted by atomic mass is 19.1. The average Bonchev–Trinajstić information content (AvgIpc) is 3.33. The van der Waals surface area contributed by atoms with Crippen molar-refractivity contribution in [3.8, 4) is 5.69 Å². The summed E-state index contributed by atoms with van der Waals surface area (Å²) in [5.74, 6) is -0.104. The maximum Gasteiger partial charge on any atom is 0.323 e. The lowest BCUT2D eigenvalue weighted by Gasteiger charge is -2.12. The fraction of sp³-hybridized carbons (Fsp3) is 0.136. The number of nitrogen functional groups attached to an aromatic ring is 1. The quantitative estimate of drug-likeness (QED) is 0.464. The third-order valence-electron chi connectivity index (χ3n) is 5.22. The maximum atomic E-state index is 13.9. The minimum absolute atomic E-state index is 0.124. The maximum absolute atomic E-state index is 13.9. The van der Waals surface area contributed by atoms with E-state index in [1.165, 1.54) is 12.4 Å². The number of fused-ring (bicyclic) bond motifs is 3. The smallest absolute Gasteiger partial charge is 0.323 e. The summed E-state index contributed by atoms with van der Waals surface area (Å²) in [6.45, 7) is 2.76. The minimum Gasteiger partial charge on any atom is -0.382 e. The number of hydrogen-bond donors (Lipinski definition) is 3. The summed E-state index contributed by atoms with van der Waals surface area (Å²) in [5.41, 5.74) is 12.0. The number of nitrogens with one attached hydrogen (secondary N) is 2. The predicted molar refractivity (Wildman–Crippen MR) is 116 cm³/mol. The van der Waals surface area contributed by atoms with E-state index in [9.17, 15) is 9.18 Å². The number of carbonyl (C=O) groups is 1. The summed E-state index contributed by atoms with van der Waals surface area (Å²) >= 11 is 0. The third kappa shape index (κ3) is 3.34. The molecule has 8 nitrogen and oxygen atoms in total. The van der Waals surface area contributed by atoms with Gasteiger partial charge in [-0.2, -0.15) is 0 Å². The van der Waals surface area contributed by atoms with Crippen LogP contribution < -0.4 is 16.4 Å². The number of hydrogen-bond acceptors (Lipinski definition) is 5. The van der Waals surface area contributed by atoms with Crippen LogP contribution in [0.15, 0.2) is 48.8 Å². The van der Waals surface area contributed by atoms with E-state index in [0.717, 1.165) is 33.5 Å². The Bertz CT molecular complexity index is 1320. The van der Waals surface area contributed by atoms with Crippen molar-refractivity contribution < 1.29 is 13.9 Å². The van der Waals surface area contributed by atoms with Crippen LogP contribution in [-0.2, 0) is 18.0 Å². The van der Waals surface area contributed by atoms with Crippen molar-refractivity contribution in [2.24, 2.45) is 0 Å². The lowest BCUT2D eigenvalue weighted by molar-refractivity contribution is 0.132. The third-order valence-corrected chi connectivity index (χ3v) is 5.22. The Hall–Kier alpha value is -3.98. The van der Waals surface area contributed by atoms with Crippen LogP contribution in [0.5, 0.6) is 0 Å². The topological polar surface area (TPSA) is 107 Å². The molecule has 0 unspecified atom stereocenters. The molecule has 31 heavy (non-hydrogen) atoms. The molecule has 0 bridgehead atoms. The second-order valence-corrected chi connectivity index (χ2v) is 7.32. The van der Waals surface area contributed by atoms with Crippen LogP contribution in [0, 0.1) is 12.7 Å². The summed E-state index contributed by atoms with van der Waals surface area (Å²) in [6.07, 6.45) is 1.45. The molecule has 2 aromatic carbocycles. The summed E-state index contributed by atoms with van der Waals surface area (Å²) in [6, 6.07) is 11.2. The van der Waals surface area contributed by atoms with E-state index in [1.54, 1.807) is 24.3 Å². The molecule has 0 radical (unpaired) electrons. The Morgan fingerprint density at radius 3 is 2.74 bits per heavy atom. The van der Waals surface area contributed by atoms with Crippen LogP contribution in [0.4, 0.5) is 26.4 Å². The number of urea groups is 1. The van der Waals surface area contributed by atoms with E-state index in [-0.39, 0.29) is 5.69 Å². The summed E-state index contributed by atoms with van der Waals surface area (Å²) in [7, 11) is 0. The highest BCUT2D eigenvalue weighted by molar-refractivity contribution is 6.00. The lowest BCUT2D eigenvalue weighted by atomic mass is 10.2. The second-order valence-electron chi connectivity index (χ2n) is 7.32. The molecule has 5 rings (SSSR count). The van der Waals surface area contributed by atoms with Gasteiger partial charge < -0.3 is 25.7 Å². The van der Waals surface area contributed by atoms with E-state index >= 15 is 0 Å². The molecule has 4 N–H and O–H groups in total. The number of carbonyl (C=O) groups excluding carboxylic acids is 1. The largest absolute Gasteiger partial charge is 0.382 e. The second kappa shape index (κ2) is 7.37. The summed E-state index contributed by atoms with van der Waals surface area (Å²) < 4.78 is 21.5. The van der Waals surface area contributed by atoms with Crippen molar-refractivity contribution in [2.75, 3.05) is 16.4 Å². The predicted octanol–water partition coefficient (Wildman–Crippen LogP) is 4.12. The van der Waals surface area contributed by atoms with Gasteiger partial charge in [0.05, 0.1) is 24.6 Å². The van der Waals surface area contributed by atoms with Gasteiger partial charge in [-0.1, -0.05) is 6.07 Å². The first-order chi connectivity index (χ1) is 15.0. The molecule has 9 heteroatoms.